The zero-order valence-electron chi connectivity index (χ0n) is 7.59. The Labute approximate surface area is 70.9 Å². The van der Waals surface area contributed by atoms with Crippen molar-refractivity contribution in [2.24, 2.45) is 0 Å². The van der Waals surface area contributed by atoms with Crippen LogP contribution in [0, 0.1) is 0 Å². The van der Waals surface area contributed by atoms with Crippen molar-refractivity contribution in [2.75, 3.05) is 0 Å². The van der Waals surface area contributed by atoms with Crippen molar-refractivity contribution in [3.05, 3.63) is 35.1 Å². The molecule has 60 valence electrons. The molecule has 11 heavy (non-hydrogen) atoms. The highest BCUT2D eigenvalue weighted by molar-refractivity contribution is 6.64. The van der Waals surface area contributed by atoms with E-state index in [2.05, 4.69) is 44.3 Å². The molecular weight excluding hydrogens is 148 g/mol. The molecule has 0 aromatic rings. The lowest BCUT2D eigenvalue weighted by molar-refractivity contribution is 1.38. The van der Waals surface area contributed by atoms with Crippen LogP contribution in [-0.2, 0) is 0 Å². The lowest BCUT2D eigenvalue weighted by Gasteiger charge is -2.01. The Morgan fingerprint density at radius 1 is 1.45 bits per heavy atom. The van der Waals surface area contributed by atoms with E-state index in [1.165, 1.54) is 12.0 Å². The molecule has 0 nitrogen and oxygen atoms in total. The maximum Gasteiger partial charge on any atom is 0.0600 e. The second-order valence-corrected chi connectivity index (χ2v) is 6.33. The third kappa shape index (κ3) is 2.19. The van der Waals surface area contributed by atoms with Crippen LogP contribution in [0.25, 0.3) is 0 Å². The van der Waals surface area contributed by atoms with E-state index in [9.17, 15) is 0 Å². The predicted molar refractivity (Wildman–Crippen MR) is 54.5 cm³/mol. The summed E-state index contributed by atoms with van der Waals surface area (Å²) in [6.07, 6.45) is 10.2. The second kappa shape index (κ2) is 3.72. The van der Waals surface area contributed by atoms with Gasteiger partial charge in [0.25, 0.3) is 0 Å². The van der Waals surface area contributed by atoms with Crippen molar-refractivity contribution >= 4 is 8.80 Å². The first-order valence-electron chi connectivity index (χ1n) is 4.27. The zero-order valence-corrected chi connectivity index (χ0v) is 8.75. The van der Waals surface area contributed by atoms with E-state index in [0.717, 1.165) is 0 Å². The molecule has 0 amide bonds. The summed E-state index contributed by atoms with van der Waals surface area (Å²) in [5.41, 5.74) is 1.41. The monoisotopic (exact) mass is 164 g/mol. The summed E-state index contributed by atoms with van der Waals surface area (Å²) < 4.78 is 0. The first kappa shape index (κ1) is 8.53. The molecule has 0 unspecified atom stereocenters. The van der Waals surface area contributed by atoms with Crippen molar-refractivity contribution in [3.63, 3.8) is 0 Å². The van der Waals surface area contributed by atoms with Gasteiger partial charge in [0.05, 0.1) is 8.80 Å². The fourth-order valence-corrected chi connectivity index (χ4v) is 2.39. The van der Waals surface area contributed by atoms with Gasteiger partial charge >= 0.3 is 0 Å². The molecule has 1 aliphatic carbocycles. The SMILES string of the molecule is CC=CC1=CCC([SiH](C)C)=C1. The van der Waals surface area contributed by atoms with Gasteiger partial charge in [-0.1, -0.05) is 42.6 Å². The van der Waals surface area contributed by atoms with Gasteiger partial charge in [0.2, 0.25) is 0 Å². The van der Waals surface area contributed by atoms with Gasteiger partial charge in [0.1, 0.15) is 0 Å². The summed E-state index contributed by atoms with van der Waals surface area (Å²) in [5, 5.41) is 1.69. The minimum absolute atomic E-state index is 0.511. The van der Waals surface area contributed by atoms with E-state index < -0.39 is 8.80 Å². The topological polar surface area (TPSA) is 0 Å². The number of hydrogen-bond donors (Lipinski definition) is 0. The summed E-state index contributed by atoms with van der Waals surface area (Å²) in [6.45, 7) is 6.84. The van der Waals surface area contributed by atoms with Crippen LogP contribution in [-0.4, -0.2) is 8.80 Å². The molecule has 0 saturated heterocycles. The molecule has 0 fully saturated rings. The van der Waals surface area contributed by atoms with Crippen LogP contribution in [0.4, 0.5) is 0 Å². The normalized spacial score (nSPS) is 17.8. The Morgan fingerprint density at radius 2 is 2.18 bits per heavy atom. The minimum atomic E-state index is -0.511. The first-order chi connectivity index (χ1) is 5.24. The standard InChI is InChI=1S/C10H16Si/c1-4-5-9-6-7-10(8-9)11(2)3/h4-6,8,11H,7H2,1-3H3. The molecule has 1 heteroatoms. The van der Waals surface area contributed by atoms with Gasteiger partial charge in [-0.3, -0.25) is 0 Å². The van der Waals surface area contributed by atoms with Crippen LogP contribution < -0.4 is 0 Å². The zero-order chi connectivity index (χ0) is 8.27. The summed E-state index contributed by atoms with van der Waals surface area (Å²) in [5.74, 6) is 0. The van der Waals surface area contributed by atoms with E-state index in [4.69, 9.17) is 0 Å². The quantitative estimate of drug-likeness (QED) is 0.551. The fourth-order valence-electron chi connectivity index (χ4n) is 1.28. The largest absolute Gasteiger partial charge is 0.0871 e. The van der Waals surface area contributed by atoms with E-state index in [1.54, 1.807) is 5.20 Å². The Morgan fingerprint density at radius 3 is 2.64 bits per heavy atom. The number of rotatable bonds is 2. The van der Waals surface area contributed by atoms with E-state index >= 15 is 0 Å². The smallest absolute Gasteiger partial charge is 0.0600 e. The molecule has 0 spiro atoms. The highest BCUT2D eigenvalue weighted by Gasteiger charge is 2.07. The highest BCUT2D eigenvalue weighted by Crippen LogP contribution is 2.20. The molecule has 1 rings (SSSR count). The molecule has 0 bridgehead atoms. The van der Waals surface area contributed by atoms with Crippen molar-refractivity contribution < 1.29 is 0 Å². The molecule has 0 radical (unpaired) electrons. The number of allylic oxidation sites excluding steroid dienone is 6. The van der Waals surface area contributed by atoms with Gasteiger partial charge in [0.15, 0.2) is 0 Å². The molecule has 0 N–H and O–H groups in total. The number of hydrogen-bond acceptors (Lipinski definition) is 0. The van der Waals surface area contributed by atoms with Crippen LogP contribution in [0.2, 0.25) is 13.1 Å². The van der Waals surface area contributed by atoms with Crippen LogP contribution in [0.15, 0.2) is 35.1 Å². The highest BCUT2D eigenvalue weighted by atomic mass is 28.3. The van der Waals surface area contributed by atoms with Crippen molar-refractivity contribution in [1.29, 1.82) is 0 Å². The third-order valence-corrected chi connectivity index (χ3v) is 3.91. The lowest BCUT2D eigenvalue weighted by atomic mass is 10.3. The Kier molecular flexibility index (Phi) is 2.89. The third-order valence-electron chi connectivity index (χ3n) is 2.03. The average Bonchev–Trinajstić information content (AvgIpc) is 2.37. The molecule has 0 aromatic heterocycles. The van der Waals surface area contributed by atoms with Crippen molar-refractivity contribution in [2.45, 2.75) is 26.4 Å². The van der Waals surface area contributed by atoms with Crippen LogP contribution >= 0.6 is 0 Å². The van der Waals surface area contributed by atoms with Gasteiger partial charge < -0.3 is 0 Å². The summed E-state index contributed by atoms with van der Waals surface area (Å²) >= 11 is 0. The van der Waals surface area contributed by atoms with E-state index in [0.29, 0.717) is 0 Å². The van der Waals surface area contributed by atoms with Crippen LogP contribution in [0.3, 0.4) is 0 Å². The Bertz CT molecular complexity index is 219. The molecule has 0 aromatic carbocycles. The fraction of sp³-hybridized carbons (Fsp3) is 0.400. The Hall–Kier alpha value is -0.563. The lowest BCUT2D eigenvalue weighted by Crippen LogP contribution is -2.02. The molecule has 0 heterocycles. The van der Waals surface area contributed by atoms with Crippen LogP contribution in [0.5, 0.6) is 0 Å². The molecule has 0 atom stereocenters. The van der Waals surface area contributed by atoms with Crippen LogP contribution in [0.1, 0.15) is 13.3 Å². The molecule has 0 aliphatic heterocycles. The molecule has 1 aliphatic rings. The van der Waals surface area contributed by atoms with Gasteiger partial charge in [-0.25, -0.2) is 0 Å². The van der Waals surface area contributed by atoms with Crippen molar-refractivity contribution in [1.82, 2.24) is 0 Å². The Balaban J connectivity index is 2.63. The average molecular weight is 164 g/mol. The van der Waals surface area contributed by atoms with Crippen molar-refractivity contribution in [3.8, 4) is 0 Å². The van der Waals surface area contributed by atoms with E-state index in [1.807, 2.05) is 0 Å². The summed E-state index contributed by atoms with van der Waals surface area (Å²) in [7, 11) is -0.511. The van der Waals surface area contributed by atoms with Gasteiger partial charge in [-0.15, -0.1) is 0 Å². The van der Waals surface area contributed by atoms with Gasteiger partial charge in [-0.2, -0.15) is 0 Å². The minimum Gasteiger partial charge on any atom is -0.0871 e. The molecular formula is C10H16Si. The summed E-state index contributed by atoms with van der Waals surface area (Å²) in [6, 6.07) is 0. The summed E-state index contributed by atoms with van der Waals surface area (Å²) in [4.78, 5) is 0. The maximum absolute atomic E-state index is 2.39. The molecule has 0 saturated carbocycles. The second-order valence-electron chi connectivity index (χ2n) is 3.28. The maximum atomic E-state index is 2.39. The predicted octanol–water partition coefficient (Wildman–Crippen LogP) is 2.84. The van der Waals surface area contributed by atoms with Gasteiger partial charge in [0, 0.05) is 0 Å². The first-order valence-corrected chi connectivity index (χ1v) is 7.16. The van der Waals surface area contributed by atoms with E-state index in [-0.39, 0.29) is 0 Å². The van der Waals surface area contributed by atoms with Gasteiger partial charge in [-0.05, 0) is 18.9 Å².